The standard InChI is InChI=1S/C25H32N2O10S/c1-38(31,32)37-17-16-36-15-14-35-13-12-34-11-10-33-9-3-5-19-4-2-6-20-21(19)18-27(25(20)30)22-7-8-23(28)26-24(22)29/h2,4,6,22H,7-18H2,1H3,(H,26,28,29). The largest absolute Gasteiger partial charge is 0.377 e. The van der Waals surface area contributed by atoms with E-state index in [0.717, 1.165) is 11.8 Å². The first-order valence-electron chi connectivity index (χ1n) is 12.2. The molecule has 2 aliphatic heterocycles. The van der Waals surface area contributed by atoms with E-state index >= 15 is 0 Å². The van der Waals surface area contributed by atoms with E-state index < -0.39 is 22.1 Å². The number of nitrogens with zero attached hydrogens (tertiary/aromatic N) is 1. The highest BCUT2D eigenvalue weighted by Crippen LogP contribution is 2.29. The van der Waals surface area contributed by atoms with Gasteiger partial charge in [-0.2, -0.15) is 8.42 Å². The normalized spacial score (nSPS) is 17.2. The van der Waals surface area contributed by atoms with Gasteiger partial charge in [0.25, 0.3) is 16.0 Å². The Morgan fingerprint density at radius 1 is 0.947 bits per heavy atom. The topological polar surface area (TPSA) is 147 Å². The molecule has 208 valence electrons. The lowest BCUT2D eigenvalue weighted by Crippen LogP contribution is -2.52. The molecule has 3 rings (SSSR count). The Labute approximate surface area is 222 Å². The van der Waals surface area contributed by atoms with Crippen LogP contribution in [0.25, 0.3) is 0 Å². The summed E-state index contributed by atoms with van der Waals surface area (Å²) in [4.78, 5) is 38.0. The fourth-order valence-corrected chi connectivity index (χ4v) is 4.23. The summed E-state index contributed by atoms with van der Waals surface area (Å²) in [5, 5.41) is 2.30. The minimum absolute atomic E-state index is 0.0251. The highest BCUT2D eigenvalue weighted by Gasteiger charge is 2.39. The molecule has 2 aliphatic rings. The molecule has 13 heteroatoms. The molecule has 0 bridgehead atoms. The van der Waals surface area contributed by atoms with Crippen molar-refractivity contribution in [3.8, 4) is 11.8 Å². The molecule has 12 nitrogen and oxygen atoms in total. The fourth-order valence-electron chi connectivity index (χ4n) is 3.86. The van der Waals surface area contributed by atoms with E-state index in [1.807, 2.05) is 6.07 Å². The molecule has 1 unspecified atom stereocenters. The van der Waals surface area contributed by atoms with E-state index in [1.165, 1.54) is 4.90 Å². The number of carbonyl (C=O) groups excluding carboxylic acids is 3. The van der Waals surface area contributed by atoms with Gasteiger partial charge in [0.05, 0.1) is 59.1 Å². The molecule has 1 saturated heterocycles. The molecular weight excluding hydrogens is 520 g/mol. The smallest absolute Gasteiger partial charge is 0.264 e. The number of piperidine rings is 1. The number of benzene rings is 1. The first-order chi connectivity index (χ1) is 18.3. The van der Waals surface area contributed by atoms with Crippen molar-refractivity contribution in [1.29, 1.82) is 0 Å². The van der Waals surface area contributed by atoms with Crippen molar-refractivity contribution in [2.45, 2.75) is 25.4 Å². The van der Waals surface area contributed by atoms with Crippen molar-refractivity contribution in [3.63, 3.8) is 0 Å². The summed E-state index contributed by atoms with van der Waals surface area (Å²) in [6.07, 6.45) is 1.50. The van der Waals surface area contributed by atoms with Gasteiger partial charge in [-0.3, -0.25) is 23.9 Å². The Hall–Kier alpha value is -2.86. The third-order valence-corrected chi connectivity index (χ3v) is 6.22. The number of rotatable bonds is 15. The van der Waals surface area contributed by atoms with Crippen LogP contribution in [0.4, 0.5) is 0 Å². The van der Waals surface area contributed by atoms with Crippen LogP contribution < -0.4 is 5.32 Å². The van der Waals surface area contributed by atoms with Crippen molar-refractivity contribution < 1.29 is 45.9 Å². The van der Waals surface area contributed by atoms with Gasteiger partial charge in [0, 0.05) is 24.1 Å². The number of imide groups is 1. The maximum absolute atomic E-state index is 12.9. The fraction of sp³-hybridized carbons (Fsp3) is 0.560. The highest BCUT2D eigenvalue weighted by molar-refractivity contribution is 7.85. The van der Waals surface area contributed by atoms with Gasteiger partial charge in [0.1, 0.15) is 12.6 Å². The van der Waals surface area contributed by atoms with Crippen LogP contribution in [0.3, 0.4) is 0 Å². The van der Waals surface area contributed by atoms with Crippen LogP contribution in [0, 0.1) is 11.8 Å². The third-order valence-electron chi connectivity index (χ3n) is 5.62. The van der Waals surface area contributed by atoms with Crippen molar-refractivity contribution in [2.75, 3.05) is 65.7 Å². The predicted molar refractivity (Wildman–Crippen MR) is 133 cm³/mol. The molecule has 38 heavy (non-hydrogen) atoms. The van der Waals surface area contributed by atoms with Crippen LogP contribution in [-0.2, 0) is 49.4 Å². The minimum Gasteiger partial charge on any atom is -0.377 e. The second-order valence-corrected chi connectivity index (χ2v) is 10.1. The van der Waals surface area contributed by atoms with E-state index in [2.05, 4.69) is 21.3 Å². The predicted octanol–water partition coefficient (Wildman–Crippen LogP) is -0.158. The summed E-state index contributed by atoms with van der Waals surface area (Å²) >= 11 is 0. The number of fused-ring (bicyclic) bond motifs is 1. The Morgan fingerprint density at radius 3 is 2.21 bits per heavy atom. The van der Waals surface area contributed by atoms with Crippen LogP contribution in [-0.4, -0.2) is 103 Å². The lowest BCUT2D eigenvalue weighted by molar-refractivity contribution is -0.136. The van der Waals surface area contributed by atoms with Crippen LogP contribution in [0.2, 0.25) is 0 Å². The van der Waals surface area contributed by atoms with E-state index in [1.54, 1.807) is 12.1 Å². The molecule has 1 atom stereocenters. The molecule has 0 spiro atoms. The summed E-state index contributed by atoms with van der Waals surface area (Å²) in [5.74, 6) is 4.98. The molecule has 1 N–H and O–H groups in total. The Balaban J connectivity index is 1.27. The van der Waals surface area contributed by atoms with Crippen molar-refractivity contribution in [3.05, 3.63) is 34.9 Å². The van der Waals surface area contributed by atoms with E-state index in [-0.39, 0.29) is 44.6 Å². The molecule has 0 aliphatic carbocycles. The highest BCUT2D eigenvalue weighted by atomic mass is 32.2. The van der Waals surface area contributed by atoms with E-state index in [9.17, 15) is 22.8 Å². The molecule has 0 saturated carbocycles. The summed E-state index contributed by atoms with van der Waals surface area (Å²) in [5.41, 5.74) is 1.99. The van der Waals surface area contributed by atoms with Gasteiger partial charge in [0.2, 0.25) is 11.8 Å². The molecular formula is C25H32N2O10S. The molecule has 1 aromatic rings. The van der Waals surface area contributed by atoms with E-state index in [4.69, 9.17) is 18.9 Å². The molecule has 2 heterocycles. The molecule has 0 aromatic heterocycles. The Kier molecular flexibility index (Phi) is 11.7. The third kappa shape index (κ3) is 9.46. The Bertz CT molecular complexity index is 1160. The monoisotopic (exact) mass is 552 g/mol. The minimum atomic E-state index is -3.44. The van der Waals surface area contributed by atoms with Gasteiger partial charge >= 0.3 is 0 Å². The second kappa shape index (κ2) is 14.9. The van der Waals surface area contributed by atoms with Gasteiger partial charge in [0.15, 0.2) is 0 Å². The zero-order valence-electron chi connectivity index (χ0n) is 21.2. The molecule has 3 amide bonds. The first kappa shape index (κ1) is 29.7. The number of hydrogen-bond acceptors (Lipinski definition) is 10. The quantitative estimate of drug-likeness (QED) is 0.135. The van der Waals surface area contributed by atoms with Crippen LogP contribution in [0.5, 0.6) is 0 Å². The average Bonchev–Trinajstić information content (AvgIpc) is 3.20. The number of hydrogen-bond donors (Lipinski definition) is 1. The SMILES string of the molecule is CS(=O)(=O)OCCOCCOCCOCCOCC#Cc1cccc2c1CN(C1CCC(=O)NC1=O)C2=O. The lowest BCUT2D eigenvalue weighted by Gasteiger charge is -2.29. The van der Waals surface area contributed by atoms with Crippen molar-refractivity contribution in [2.24, 2.45) is 0 Å². The second-order valence-electron chi connectivity index (χ2n) is 8.45. The van der Waals surface area contributed by atoms with Gasteiger partial charge in [-0.25, -0.2) is 0 Å². The van der Waals surface area contributed by atoms with Gasteiger partial charge < -0.3 is 23.8 Å². The maximum atomic E-state index is 12.9. The number of carbonyl (C=O) groups is 3. The van der Waals surface area contributed by atoms with Crippen LogP contribution >= 0.6 is 0 Å². The summed E-state index contributed by atoms with van der Waals surface area (Å²) in [6, 6.07) is 4.64. The zero-order valence-corrected chi connectivity index (χ0v) is 22.0. The summed E-state index contributed by atoms with van der Waals surface area (Å²) < 4.78 is 47.5. The zero-order chi connectivity index (χ0) is 27.4. The number of amides is 3. The van der Waals surface area contributed by atoms with Gasteiger partial charge in [-0.15, -0.1) is 0 Å². The molecule has 1 fully saturated rings. The maximum Gasteiger partial charge on any atom is 0.264 e. The van der Waals surface area contributed by atoms with Crippen molar-refractivity contribution in [1.82, 2.24) is 10.2 Å². The summed E-state index contributed by atoms with van der Waals surface area (Å²) in [6.45, 7) is 2.78. The molecule has 1 aromatic carbocycles. The van der Waals surface area contributed by atoms with Gasteiger partial charge in [-0.05, 0) is 24.1 Å². The number of nitrogens with one attached hydrogen (secondary N) is 1. The lowest BCUT2D eigenvalue weighted by atomic mass is 10.0. The Morgan fingerprint density at radius 2 is 1.58 bits per heavy atom. The average molecular weight is 553 g/mol. The van der Waals surface area contributed by atoms with Crippen LogP contribution in [0.1, 0.15) is 34.3 Å². The summed E-state index contributed by atoms with van der Waals surface area (Å²) in [7, 11) is -3.44. The van der Waals surface area contributed by atoms with Crippen molar-refractivity contribution >= 4 is 27.8 Å². The first-order valence-corrected chi connectivity index (χ1v) is 14.0. The number of ether oxygens (including phenoxy) is 4. The van der Waals surface area contributed by atoms with Gasteiger partial charge in [-0.1, -0.05) is 17.9 Å². The molecule has 0 radical (unpaired) electrons. The van der Waals surface area contributed by atoms with E-state index in [0.29, 0.717) is 57.2 Å². The van der Waals surface area contributed by atoms with Crippen LogP contribution in [0.15, 0.2) is 18.2 Å².